The van der Waals surface area contributed by atoms with E-state index in [1.54, 1.807) is 6.20 Å². The monoisotopic (exact) mass is 256 g/mol. The summed E-state index contributed by atoms with van der Waals surface area (Å²) in [5.41, 5.74) is 0. The van der Waals surface area contributed by atoms with Gasteiger partial charge in [0.2, 0.25) is 11.8 Å². The number of nitrogens with one attached hydrogen (secondary N) is 2. The number of nitrogens with zero attached hydrogens (tertiary/aromatic N) is 2. The molecule has 0 radical (unpaired) electrons. The fraction of sp³-hybridized carbons (Fsp3) is 0.231. The Morgan fingerprint density at radius 2 is 2.11 bits per heavy atom. The second-order valence-corrected chi connectivity index (χ2v) is 4.43. The molecule has 6 nitrogen and oxygen atoms in total. The first-order valence-electron chi connectivity index (χ1n) is 6.05. The number of imide groups is 1. The van der Waals surface area contributed by atoms with Crippen LogP contribution < -0.4 is 10.6 Å². The van der Waals surface area contributed by atoms with E-state index in [2.05, 4.69) is 20.8 Å². The minimum atomic E-state index is -0.446. The minimum Gasteiger partial charge on any atom is -0.356 e. The van der Waals surface area contributed by atoms with Gasteiger partial charge in [0.1, 0.15) is 6.04 Å². The van der Waals surface area contributed by atoms with Crippen molar-refractivity contribution in [2.24, 2.45) is 0 Å². The Morgan fingerprint density at radius 3 is 2.95 bits per heavy atom. The lowest BCUT2D eigenvalue weighted by Crippen LogP contribution is -2.47. The highest BCUT2D eigenvalue weighted by atomic mass is 16.2. The normalized spacial score (nSPS) is 19.3. The molecule has 0 spiro atoms. The third kappa shape index (κ3) is 2.24. The molecule has 2 N–H and O–H groups in total. The van der Waals surface area contributed by atoms with Crippen LogP contribution in [-0.2, 0) is 9.59 Å². The molecule has 3 rings (SSSR count). The van der Waals surface area contributed by atoms with E-state index in [1.165, 1.54) is 0 Å². The van der Waals surface area contributed by atoms with Crippen LogP contribution in [0.15, 0.2) is 30.5 Å². The summed E-state index contributed by atoms with van der Waals surface area (Å²) in [6.45, 7) is 0. The lowest BCUT2D eigenvalue weighted by atomic mass is 10.1. The van der Waals surface area contributed by atoms with Crippen molar-refractivity contribution in [2.45, 2.75) is 18.9 Å². The van der Waals surface area contributed by atoms with Gasteiger partial charge in [-0.05, 0) is 6.42 Å². The van der Waals surface area contributed by atoms with E-state index in [9.17, 15) is 9.59 Å². The Labute approximate surface area is 109 Å². The van der Waals surface area contributed by atoms with Crippen molar-refractivity contribution in [3.05, 3.63) is 30.5 Å². The number of hydrogen-bond acceptors (Lipinski definition) is 5. The van der Waals surface area contributed by atoms with Crippen molar-refractivity contribution >= 4 is 28.4 Å². The molecule has 6 heteroatoms. The Morgan fingerprint density at radius 1 is 1.26 bits per heavy atom. The largest absolute Gasteiger partial charge is 0.356 e. The van der Waals surface area contributed by atoms with Gasteiger partial charge in [0.15, 0.2) is 5.82 Å². The Hall–Kier alpha value is -2.50. The van der Waals surface area contributed by atoms with Crippen molar-refractivity contribution in [3.63, 3.8) is 0 Å². The van der Waals surface area contributed by atoms with Crippen LogP contribution in [0.4, 0.5) is 5.82 Å². The van der Waals surface area contributed by atoms with Crippen LogP contribution in [0.5, 0.6) is 0 Å². The van der Waals surface area contributed by atoms with Crippen molar-refractivity contribution in [1.29, 1.82) is 0 Å². The molecule has 1 saturated heterocycles. The predicted octanol–water partition coefficient (Wildman–Crippen LogP) is 0.847. The van der Waals surface area contributed by atoms with E-state index in [0.29, 0.717) is 18.7 Å². The summed E-state index contributed by atoms with van der Waals surface area (Å²) < 4.78 is 0. The predicted molar refractivity (Wildman–Crippen MR) is 69.3 cm³/mol. The van der Waals surface area contributed by atoms with Gasteiger partial charge in [0.25, 0.3) is 0 Å². The van der Waals surface area contributed by atoms with Gasteiger partial charge in [0.05, 0.1) is 6.20 Å². The number of carbonyl (C=O) groups is 2. The van der Waals surface area contributed by atoms with E-state index >= 15 is 0 Å². The van der Waals surface area contributed by atoms with Gasteiger partial charge in [-0.1, -0.05) is 24.3 Å². The fourth-order valence-electron chi connectivity index (χ4n) is 2.13. The van der Waals surface area contributed by atoms with Crippen LogP contribution in [0.2, 0.25) is 0 Å². The van der Waals surface area contributed by atoms with Crippen LogP contribution in [0, 0.1) is 0 Å². The van der Waals surface area contributed by atoms with E-state index in [-0.39, 0.29) is 11.8 Å². The van der Waals surface area contributed by atoms with Crippen LogP contribution in [0.1, 0.15) is 12.8 Å². The molecule has 2 heterocycles. The fourth-order valence-corrected chi connectivity index (χ4v) is 2.13. The summed E-state index contributed by atoms with van der Waals surface area (Å²) in [6, 6.07) is 7.22. The summed E-state index contributed by atoms with van der Waals surface area (Å²) in [6.07, 6.45) is 2.47. The van der Waals surface area contributed by atoms with Crippen LogP contribution in [-0.4, -0.2) is 28.1 Å². The summed E-state index contributed by atoms with van der Waals surface area (Å²) in [5, 5.41) is 15.2. The van der Waals surface area contributed by atoms with E-state index in [4.69, 9.17) is 0 Å². The van der Waals surface area contributed by atoms with Gasteiger partial charge in [-0.25, -0.2) is 0 Å². The molecule has 2 aromatic rings. The molecule has 0 saturated carbocycles. The molecule has 1 aliphatic heterocycles. The van der Waals surface area contributed by atoms with Crippen LogP contribution in [0.25, 0.3) is 10.8 Å². The Kier molecular flexibility index (Phi) is 2.83. The number of anilines is 1. The van der Waals surface area contributed by atoms with Gasteiger partial charge in [-0.3, -0.25) is 14.9 Å². The molecule has 1 fully saturated rings. The quantitative estimate of drug-likeness (QED) is 0.778. The topological polar surface area (TPSA) is 84.0 Å². The maximum absolute atomic E-state index is 11.7. The number of carbonyl (C=O) groups excluding carboxylic acids is 2. The van der Waals surface area contributed by atoms with Crippen molar-refractivity contribution in [1.82, 2.24) is 15.5 Å². The van der Waals surface area contributed by atoms with Gasteiger partial charge >= 0.3 is 0 Å². The average molecular weight is 256 g/mol. The molecule has 2 amide bonds. The molecule has 1 atom stereocenters. The molecule has 1 unspecified atom stereocenters. The number of aromatic nitrogens is 2. The zero-order valence-electron chi connectivity index (χ0n) is 10.1. The van der Waals surface area contributed by atoms with E-state index < -0.39 is 6.04 Å². The maximum atomic E-state index is 11.7. The van der Waals surface area contributed by atoms with Gasteiger partial charge in [-0.15, -0.1) is 5.10 Å². The minimum absolute atomic E-state index is 0.230. The highest BCUT2D eigenvalue weighted by Gasteiger charge is 2.27. The van der Waals surface area contributed by atoms with Gasteiger partial charge in [-0.2, -0.15) is 5.10 Å². The zero-order chi connectivity index (χ0) is 13.2. The van der Waals surface area contributed by atoms with Crippen molar-refractivity contribution < 1.29 is 9.59 Å². The number of hydrogen-bond donors (Lipinski definition) is 2. The second kappa shape index (κ2) is 4.64. The molecular formula is C13H12N4O2. The number of benzene rings is 1. The molecule has 0 bridgehead atoms. The summed E-state index contributed by atoms with van der Waals surface area (Å²) in [7, 11) is 0. The molecule has 1 aliphatic rings. The Bertz CT molecular complexity index is 651. The number of fused-ring (bicyclic) bond motifs is 1. The van der Waals surface area contributed by atoms with Crippen LogP contribution >= 0.6 is 0 Å². The molecule has 0 aliphatic carbocycles. The maximum Gasteiger partial charge on any atom is 0.249 e. The average Bonchev–Trinajstić information content (AvgIpc) is 2.42. The third-order valence-electron chi connectivity index (χ3n) is 3.12. The molecular weight excluding hydrogens is 244 g/mol. The highest BCUT2D eigenvalue weighted by Crippen LogP contribution is 2.21. The summed E-state index contributed by atoms with van der Waals surface area (Å²) >= 11 is 0. The Balaban J connectivity index is 1.89. The first kappa shape index (κ1) is 11.6. The first-order valence-corrected chi connectivity index (χ1v) is 6.05. The molecule has 96 valence electrons. The molecule has 19 heavy (non-hydrogen) atoms. The summed E-state index contributed by atoms with van der Waals surface area (Å²) in [5.74, 6) is 0.0191. The van der Waals surface area contributed by atoms with Crippen molar-refractivity contribution in [3.8, 4) is 0 Å². The third-order valence-corrected chi connectivity index (χ3v) is 3.12. The van der Waals surface area contributed by atoms with Crippen LogP contribution in [0.3, 0.4) is 0 Å². The first-order chi connectivity index (χ1) is 9.24. The van der Waals surface area contributed by atoms with E-state index in [1.807, 2.05) is 24.3 Å². The SMILES string of the molecule is O=C1CCC(Nc2nncc3ccccc23)C(=O)N1. The number of amides is 2. The van der Waals surface area contributed by atoms with Gasteiger partial charge < -0.3 is 5.32 Å². The highest BCUT2D eigenvalue weighted by molar-refractivity contribution is 6.02. The van der Waals surface area contributed by atoms with Gasteiger partial charge in [0, 0.05) is 17.2 Å². The smallest absolute Gasteiger partial charge is 0.249 e. The number of rotatable bonds is 2. The zero-order valence-corrected chi connectivity index (χ0v) is 10.1. The lowest BCUT2D eigenvalue weighted by molar-refractivity contribution is -0.133. The van der Waals surface area contributed by atoms with Crippen molar-refractivity contribution in [2.75, 3.05) is 5.32 Å². The molecule has 1 aromatic carbocycles. The lowest BCUT2D eigenvalue weighted by Gasteiger charge is -2.22. The molecule has 1 aromatic heterocycles. The summed E-state index contributed by atoms with van der Waals surface area (Å²) in [4.78, 5) is 22.8. The number of piperidine rings is 1. The van der Waals surface area contributed by atoms with E-state index in [0.717, 1.165) is 10.8 Å². The standard InChI is InChI=1S/C13H12N4O2/c18-11-6-5-10(13(19)16-11)15-12-9-4-2-1-3-8(9)7-14-17-12/h1-4,7,10H,5-6H2,(H,15,17)(H,16,18,19). The second-order valence-electron chi connectivity index (χ2n) is 4.43.